The average Bonchev–Trinajstić information content (AvgIpc) is 2.60. The summed E-state index contributed by atoms with van der Waals surface area (Å²) in [5, 5.41) is 2.58. The van der Waals surface area contributed by atoms with E-state index in [1.807, 2.05) is 30.3 Å². The van der Waals surface area contributed by atoms with E-state index in [4.69, 9.17) is 10.8 Å². The first kappa shape index (κ1) is 13.3. The predicted octanol–water partition coefficient (Wildman–Crippen LogP) is 3.99. The summed E-state index contributed by atoms with van der Waals surface area (Å²) < 4.78 is 5.86. The molecule has 23 heavy (non-hydrogen) atoms. The fraction of sp³-hybridized carbons (Fsp3) is 0. The maximum absolute atomic E-state index is 12.3. The SMILES string of the molecule is C#Cc1ccc2c(=O)cc(-c3cc4ccccc4cn3)oc2c1. The van der Waals surface area contributed by atoms with Gasteiger partial charge in [-0.15, -0.1) is 6.42 Å². The van der Waals surface area contributed by atoms with Crippen LogP contribution in [0.25, 0.3) is 33.2 Å². The lowest BCUT2D eigenvalue weighted by Crippen LogP contribution is -2.01. The normalized spacial score (nSPS) is 10.7. The molecule has 2 aromatic carbocycles. The molecule has 0 bridgehead atoms. The number of hydrogen-bond donors (Lipinski definition) is 0. The van der Waals surface area contributed by atoms with Crippen molar-refractivity contribution in [1.82, 2.24) is 4.98 Å². The zero-order valence-corrected chi connectivity index (χ0v) is 12.1. The van der Waals surface area contributed by atoms with Crippen LogP contribution in [0.1, 0.15) is 5.56 Å². The van der Waals surface area contributed by atoms with Gasteiger partial charge in [0.25, 0.3) is 0 Å². The topological polar surface area (TPSA) is 43.1 Å². The number of pyridine rings is 1. The molecule has 108 valence electrons. The summed E-state index contributed by atoms with van der Waals surface area (Å²) in [4.78, 5) is 16.7. The van der Waals surface area contributed by atoms with Gasteiger partial charge in [0.2, 0.25) is 0 Å². The van der Waals surface area contributed by atoms with Crippen LogP contribution in [-0.2, 0) is 0 Å². The minimum absolute atomic E-state index is 0.111. The van der Waals surface area contributed by atoms with Gasteiger partial charge in [-0.2, -0.15) is 0 Å². The predicted molar refractivity (Wildman–Crippen MR) is 91.2 cm³/mol. The van der Waals surface area contributed by atoms with Crippen molar-refractivity contribution >= 4 is 21.7 Å². The average molecular weight is 297 g/mol. The first-order valence-electron chi connectivity index (χ1n) is 7.14. The van der Waals surface area contributed by atoms with E-state index in [-0.39, 0.29) is 5.43 Å². The third-order valence-corrected chi connectivity index (χ3v) is 3.78. The second-order valence-electron chi connectivity index (χ2n) is 5.25. The van der Waals surface area contributed by atoms with E-state index in [1.165, 1.54) is 6.07 Å². The quantitative estimate of drug-likeness (QED) is 0.499. The van der Waals surface area contributed by atoms with Crippen LogP contribution in [0.5, 0.6) is 0 Å². The molecule has 2 heterocycles. The van der Waals surface area contributed by atoms with Gasteiger partial charge in [0.05, 0.1) is 5.39 Å². The third-order valence-electron chi connectivity index (χ3n) is 3.78. The van der Waals surface area contributed by atoms with Crippen LogP contribution < -0.4 is 5.43 Å². The maximum atomic E-state index is 12.3. The van der Waals surface area contributed by atoms with E-state index < -0.39 is 0 Å². The van der Waals surface area contributed by atoms with Crippen molar-refractivity contribution in [3.8, 4) is 23.8 Å². The van der Waals surface area contributed by atoms with Crippen molar-refractivity contribution in [3.05, 3.63) is 76.6 Å². The highest BCUT2D eigenvalue weighted by molar-refractivity contribution is 5.85. The molecule has 0 saturated carbocycles. The molecule has 0 fully saturated rings. The summed E-state index contributed by atoms with van der Waals surface area (Å²) >= 11 is 0. The molecule has 0 atom stereocenters. The summed E-state index contributed by atoms with van der Waals surface area (Å²) in [6.45, 7) is 0. The molecule has 0 unspecified atom stereocenters. The second-order valence-corrected chi connectivity index (χ2v) is 5.25. The Morgan fingerprint density at radius 1 is 1.00 bits per heavy atom. The molecule has 0 amide bonds. The van der Waals surface area contributed by atoms with E-state index in [0.29, 0.717) is 28.0 Å². The highest BCUT2D eigenvalue weighted by atomic mass is 16.3. The van der Waals surface area contributed by atoms with Crippen molar-refractivity contribution in [1.29, 1.82) is 0 Å². The Labute approximate surface area is 132 Å². The van der Waals surface area contributed by atoms with Crippen LogP contribution in [0, 0.1) is 12.3 Å². The summed E-state index contributed by atoms with van der Waals surface area (Å²) in [5.41, 5.74) is 1.65. The molecule has 0 aliphatic carbocycles. The monoisotopic (exact) mass is 297 g/mol. The van der Waals surface area contributed by atoms with Gasteiger partial charge in [0.15, 0.2) is 11.2 Å². The second kappa shape index (κ2) is 5.11. The Bertz CT molecular complexity index is 1150. The van der Waals surface area contributed by atoms with Gasteiger partial charge in [-0.25, -0.2) is 0 Å². The Hall–Kier alpha value is -3.38. The van der Waals surface area contributed by atoms with E-state index in [1.54, 1.807) is 24.4 Å². The standard InChI is InChI=1S/C20H11NO2/c1-2-13-7-8-16-18(22)11-20(23-19(16)9-13)17-10-14-5-3-4-6-15(14)12-21-17/h1,3-12H. The van der Waals surface area contributed by atoms with Gasteiger partial charge in [-0.05, 0) is 29.7 Å². The molecule has 0 spiro atoms. The first-order chi connectivity index (χ1) is 11.2. The molecular weight excluding hydrogens is 286 g/mol. The largest absolute Gasteiger partial charge is 0.454 e. The molecule has 0 aliphatic heterocycles. The number of fused-ring (bicyclic) bond motifs is 2. The summed E-state index contributed by atoms with van der Waals surface area (Å²) in [7, 11) is 0. The van der Waals surface area contributed by atoms with Gasteiger partial charge in [-0.3, -0.25) is 9.78 Å². The number of rotatable bonds is 1. The number of aromatic nitrogens is 1. The summed E-state index contributed by atoms with van der Waals surface area (Å²) in [6, 6.07) is 16.4. The summed E-state index contributed by atoms with van der Waals surface area (Å²) in [5.74, 6) is 2.98. The highest BCUT2D eigenvalue weighted by Crippen LogP contribution is 2.24. The van der Waals surface area contributed by atoms with Crippen LogP contribution in [0.4, 0.5) is 0 Å². The first-order valence-corrected chi connectivity index (χ1v) is 7.14. The van der Waals surface area contributed by atoms with Gasteiger partial charge in [0.1, 0.15) is 11.3 Å². The van der Waals surface area contributed by atoms with Crippen LogP contribution in [0.15, 0.2) is 70.0 Å². The van der Waals surface area contributed by atoms with Gasteiger partial charge in [0, 0.05) is 23.2 Å². The molecule has 0 saturated heterocycles. The highest BCUT2D eigenvalue weighted by Gasteiger charge is 2.09. The minimum atomic E-state index is -0.111. The van der Waals surface area contributed by atoms with Crippen molar-refractivity contribution in [2.45, 2.75) is 0 Å². The van der Waals surface area contributed by atoms with E-state index in [9.17, 15) is 4.79 Å². The van der Waals surface area contributed by atoms with Crippen LogP contribution in [-0.4, -0.2) is 4.98 Å². The Balaban J connectivity index is 1.96. The minimum Gasteiger partial charge on any atom is -0.454 e. The number of nitrogens with zero attached hydrogens (tertiary/aromatic N) is 1. The van der Waals surface area contributed by atoms with Crippen molar-refractivity contribution in [2.24, 2.45) is 0 Å². The molecule has 3 heteroatoms. The number of hydrogen-bond acceptors (Lipinski definition) is 3. The van der Waals surface area contributed by atoms with E-state index in [2.05, 4.69) is 10.9 Å². The Morgan fingerprint density at radius 2 is 1.83 bits per heavy atom. The van der Waals surface area contributed by atoms with Crippen LogP contribution in [0.3, 0.4) is 0 Å². The van der Waals surface area contributed by atoms with Crippen molar-refractivity contribution in [2.75, 3.05) is 0 Å². The fourth-order valence-corrected chi connectivity index (χ4v) is 2.59. The van der Waals surface area contributed by atoms with Gasteiger partial charge >= 0.3 is 0 Å². The Morgan fingerprint density at radius 3 is 2.65 bits per heavy atom. The molecule has 4 aromatic rings. The van der Waals surface area contributed by atoms with Crippen molar-refractivity contribution in [3.63, 3.8) is 0 Å². The number of terminal acetylenes is 1. The molecule has 0 N–H and O–H groups in total. The van der Waals surface area contributed by atoms with Crippen LogP contribution in [0.2, 0.25) is 0 Å². The van der Waals surface area contributed by atoms with Crippen LogP contribution >= 0.6 is 0 Å². The van der Waals surface area contributed by atoms with Crippen molar-refractivity contribution < 1.29 is 4.42 Å². The van der Waals surface area contributed by atoms with Gasteiger partial charge in [-0.1, -0.05) is 30.2 Å². The van der Waals surface area contributed by atoms with E-state index >= 15 is 0 Å². The lowest BCUT2D eigenvalue weighted by atomic mass is 10.1. The molecular formula is C20H11NO2. The molecule has 2 aromatic heterocycles. The third kappa shape index (κ3) is 2.27. The molecule has 3 nitrogen and oxygen atoms in total. The smallest absolute Gasteiger partial charge is 0.193 e. The summed E-state index contributed by atoms with van der Waals surface area (Å²) in [6.07, 6.45) is 7.18. The number of benzene rings is 2. The van der Waals surface area contributed by atoms with E-state index in [0.717, 1.165) is 10.8 Å². The Kier molecular flexibility index (Phi) is 2.96. The molecule has 0 radical (unpaired) electrons. The molecule has 4 rings (SSSR count). The lowest BCUT2D eigenvalue weighted by Gasteiger charge is -2.04. The maximum Gasteiger partial charge on any atom is 0.193 e. The fourth-order valence-electron chi connectivity index (χ4n) is 2.59. The lowest BCUT2D eigenvalue weighted by molar-refractivity contribution is 0.616. The zero-order chi connectivity index (χ0) is 15.8. The zero-order valence-electron chi connectivity index (χ0n) is 12.1. The molecule has 0 aliphatic rings. The van der Waals surface area contributed by atoms with Gasteiger partial charge < -0.3 is 4.42 Å².